The highest BCUT2D eigenvalue weighted by molar-refractivity contribution is 9.10. The maximum Gasteiger partial charge on any atom is 0.573 e. The first-order chi connectivity index (χ1) is 8.81. The van der Waals surface area contributed by atoms with Gasteiger partial charge in [0.15, 0.2) is 0 Å². The lowest BCUT2D eigenvalue weighted by Crippen LogP contribution is -2.24. The summed E-state index contributed by atoms with van der Waals surface area (Å²) in [6.45, 7) is 0.242. The van der Waals surface area contributed by atoms with Gasteiger partial charge < -0.3 is 14.8 Å². The molecule has 106 valence electrons. The Kier molecular flexibility index (Phi) is 5.46. The van der Waals surface area contributed by atoms with Crippen molar-refractivity contribution in [1.29, 1.82) is 0 Å². The molecule has 0 saturated heterocycles. The molecule has 0 aromatic heterocycles. The fourth-order valence-electron chi connectivity index (χ4n) is 1.19. The van der Waals surface area contributed by atoms with Gasteiger partial charge in [-0.25, -0.2) is 0 Å². The molecule has 1 atom stereocenters. The van der Waals surface area contributed by atoms with Crippen LogP contribution in [0.1, 0.15) is 0 Å². The molecule has 0 bridgehead atoms. The number of methoxy groups -OCH3 is 1. The van der Waals surface area contributed by atoms with Crippen molar-refractivity contribution in [2.24, 2.45) is 0 Å². The number of nitrogens with one attached hydrogen (secondary N) is 1. The molecule has 0 saturated carbocycles. The highest BCUT2D eigenvalue weighted by Crippen LogP contribution is 2.24. The maximum absolute atomic E-state index is 11.9. The number of benzene rings is 1. The number of esters is 1. The maximum atomic E-state index is 11.9. The van der Waals surface area contributed by atoms with E-state index in [1.807, 2.05) is 0 Å². The summed E-state index contributed by atoms with van der Waals surface area (Å²) in [5, 5.41) is 2.87. The van der Waals surface area contributed by atoms with Crippen LogP contribution < -0.4 is 10.1 Å². The second-order valence-corrected chi connectivity index (χ2v) is 4.55. The standard InChI is InChI=1S/C11H11BrF3NO3/c1-18-10(17)9(12)6-16-7-2-4-8(5-3-7)19-11(13,14)15/h2-5,9,16H,6H2,1H3. The average molecular weight is 342 g/mol. The molecule has 0 fully saturated rings. The van der Waals surface area contributed by atoms with Crippen LogP contribution in [0.25, 0.3) is 0 Å². The van der Waals surface area contributed by atoms with Gasteiger partial charge in [-0.05, 0) is 24.3 Å². The minimum absolute atomic E-state index is 0.242. The summed E-state index contributed by atoms with van der Waals surface area (Å²) in [5.41, 5.74) is 0.558. The summed E-state index contributed by atoms with van der Waals surface area (Å²) >= 11 is 3.10. The normalized spacial score (nSPS) is 12.7. The number of hydrogen-bond acceptors (Lipinski definition) is 4. The molecule has 1 aromatic carbocycles. The van der Waals surface area contributed by atoms with Crippen LogP contribution in [0.5, 0.6) is 5.75 Å². The molecule has 0 radical (unpaired) electrons. The van der Waals surface area contributed by atoms with Gasteiger partial charge in [-0.3, -0.25) is 4.79 Å². The minimum Gasteiger partial charge on any atom is -0.468 e. The summed E-state index contributed by atoms with van der Waals surface area (Å²) in [6.07, 6.45) is -4.71. The molecule has 1 rings (SSSR count). The number of carbonyl (C=O) groups is 1. The molecule has 0 amide bonds. The minimum atomic E-state index is -4.71. The van der Waals surface area contributed by atoms with Crippen LogP contribution in [0.2, 0.25) is 0 Å². The van der Waals surface area contributed by atoms with Crippen LogP contribution in [0.15, 0.2) is 24.3 Å². The Morgan fingerprint density at radius 2 is 1.95 bits per heavy atom. The predicted molar refractivity (Wildman–Crippen MR) is 66.3 cm³/mol. The molecule has 1 aromatic rings. The van der Waals surface area contributed by atoms with Gasteiger partial charge in [-0.1, -0.05) is 15.9 Å². The van der Waals surface area contributed by atoms with Crippen molar-refractivity contribution in [3.8, 4) is 5.75 Å². The molecule has 0 spiro atoms. The van der Waals surface area contributed by atoms with Gasteiger partial charge in [0.05, 0.1) is 7.11 Å². The van der Waals surface area contributed by atoms with E-state index in [0.29, 0.717) is 5.69 Å². The van der Waals surface area contributed by atoms with Crippen molar-refractivity contribution in [3.05, 3.63) is 24.3 Å². The fourth-order valence-corrected chi connectivity index (χ4v) is 1.54. The first-order valence-electron chi connectivity index (χ1n) is 5.13. The highest BCUT2D eigenvalue weighted by atomic mass is 79.9. The van der Waals surface area contributed by atoms with Crippen LogP contribution in [-0.2, 0) is 9.53 Å². The highest BCUT2D eigenvalue weighted by Gasteiger charge is 2.30. The van der Waals surface area contributed by atoms with Crippen LogP contribution in [0.4, 0.5) is 18.9 Å². The van der Waals surface area contributed by atoms with E-state index in [-0.39, 0.29) is 12.3 Å². The molecule has 0 aliphatic rings. The monoisotopic (exact) mass is 341 g/mol. The number of carbonyl (C=O) groups excluding carboxylic acids is 1. The largest absolute Gasteiger partial charge is 0.573 e. The van der Waals surface area contributed by atoms with Crippen molar-refractivity contribution in [1.82, 2.24) is 0 Å². The van der Waals surface area contributed by atoms with E-state index in [4.69, 9.17) is 0 Å². The number of anilines is 1. The summed E-state index contributed by atoms with van der Waals surface area (Å²) in [4.78, 5) is 10.6. The van der Waals surface area contributed by atoms with Crippen LogP contribution in [0, 0.1) is 0 Å². The second kappa shape index (κ2) is 6.65. The molecule has 8 heteroatoms. The lowest BCUT2D eigenvalue weighted by atomic mass is 10.3. The third kappa shape index (κ3) is 5.82. The summed E-state index contributed by atoms with van der Waals surface area (Å²) in [5.74, 6) is -0.745. The van der Waals surface area contributed by atoms with Crippen LogP contribution in [-0.4, -0.2) is 30.8 Å². The Balaban J connectivity index is 2.51. The lowest BCUT2D eigenvalue weighted by molar-refractivity contribution is -0.274. The first-order valence-corrected chi connectivity index (χ1v) is 6.05. The summed E-state index contributed by atoms with van der Waals surface area (Å²) < 4.78 is 44.0. The van der Waals surface area contributed by atoms with E-state index >= 15 is 0 Å². The van der Waals surface area contributed by atoms with Gasteiger partial charge in [0.25, 0.3) is 0 Å². The Morgan fingerprint density at radius 3 is 2.42 bits per heavy atom. The van der Waals surface area contributed by atoms with Crippen molar-refractivity contribution >= 4 is 27.6 Å². The zero-order valence-corrected chi connectivity index (χ0v) is 11.4. The average Bonchev–Trinajstić information content (AvgIpc) is 2.34. The predicted octanol–water partition coefficient (Wildman–Crippen LogP) is 2.93. The van der Waals surface area contributed by atoms with E-state index in [1.54, 1.807) is 0 Å². The zero-order chi connectivity index (χ0) is 14.5. The number of ether oxygens (including phenoxy) is 2. The number of alkyl halides is 4. The van der Waals surface area contributed by atoms with Crippen molar-refractivity contribution < 1.29 is 27.4 Å². The Morgan fingerprint density at radius 1 is 1.37 bits per heavy atom. The van der Waals surface area contributed by atoms with Crippen molar-refractivity contribution in [3.63, 3.8) is 0 Å². The fraction of sp³-hybridized carbons (Fsp3) is 0.364. The molecule has 4 nitrogen and oxygen atoms in total. The van der Waals surface area contributed by atoms with Crippen molar-refractivity contribution in [2.45, 2.75) is 11.2 Å². The molecule has 19 heavy (non-hydrogen) atoms. The van der Waals surface area contributed by atoms with Crippen LogP contribution in [0.3, 0.4) is 0 Å². The Hall–Kier alpha value is -1.44. The number of rotatable bonds is 5. The molecular weight excluding hydrogens is 331 g/mol. The zero-order valence-electron chi connectivity index (χ0n) is 9.83. The molecular formula is C11H11BrF3NO3. The van der Waals surface area contributed by atoms with Gasteiger partial charge in [0.1, 0.15) is 10.6 Å². The van der Waals surface area contributed by atoms with Gasteiger partial charge in [0, 0.05) is 12.2 Å². The third-order valence-corrected chi connectivity index (χ3v) is 2.73. The van der Waals surface area contributed by atoms with Gasteiger partial charge >= 0.3 is 12.3 Å². The summed E-state index contributed by atoms with van der Waals surface area (Å²) in [6, 6.07) is 5.19. The lowest BCUT2D eigenvalue weighted by Gasteiger charge is -2.12. The van der Waals surface area contributed by atoms with E-state index in [1.165, 1.54) is 31.4 Å². The van der Waals surface area contributed by atoms with Gasteiger partial charge in [-0.2, -0.15) is 0 Å². The van der Waals surface area contributed by atoms with Crippen molar-refractivity contribution in [2.75, 3.05) is 19.0 Å². The molecule has 0 aliphatic carbocycles. The van der Waals surface area contributed by atoms with E-state index < -0.39 is 17.2 Å². The molecule has 0 aliphatic heterocycles. The first kappa shape index (κ1) is 15.6. The number of halogens is 4. The number of hydrogen-bond donors (Lipinski definition) is 1. The molecule has 0 heterocycles. The van der Waals surface area contributed by atoms with E-state index in [2.05, 4.69) is 30.7 Å². The smallest absolute Gasteiger partial charge is 0.468 e. The quantitative estimate of drug-likeness (QED) is 0.660. The third-order valence-electron chi connectivity index (χ3n) is 2.03. The Labute approximate surface area is 116 Å². The van der Waals surface area contributed by atoms with E-state index in [0.717, 1.165) is 0 Å². The Bertz CT molecular complexity index is 422. The van der Waals surface area contributed by atoms with Gasteiger partial charge in [0.2, 0.25) is 0 Å². The SMILES string of the molecule is COC(=O)C(Br)CNc1ccc(OC(F)(F)F)cc1. The topological polar surface area (TPSA) is 47.6 Å². The molecule has 1 N–H and O–H groups in total. The second-order valence-electron chi connectivity index (χ2n) is 3.44. The molecule has 1 unspecified atom stereocenters. The van der Waals surface area contributed by atoms with Crippen LogP contribution >= 0.6 is 15.9 Å². The summed E-state index contributed by atoms with van der Waals surface area (Å²) in [7, 11) is 1.26. The van der Waals surface area contributed by atoms with E-state index in [9.17, 15) is 18.0 Å². The van der Waals surface area contributed by atoms with Gasteiger partial charge in [-0.15, -0.1) is 13.2 Å².